The Morgan fingerprint density at radius 2 is 0.588 bits per heavy atom. The van der Waals surface area contributed by atoms with Crippen LogP contribution in [0.1, 0.15) is 156 Å². The summed E-state index contributed by atoms with van der Waals surface area (Å²) in [7, 11) is 0. The lowest BCUT2D eigenvalue weighted by Crippen LogP contribution is -2.75. The van der Waals surface area contributed by atoms with Crippen molar-refractivity contribution in [3.8, 4) is 0 Å². The van der Waals surface area contributed by atoms with Crippen LogP contribution in [0.15, 0.2) is 84.9 Å². The number of hydrogen-bond acceptors (Lipinski definition) is 2. The van der Waals surface area contributed by atoms with Crippen LogP contribution in [0, 0.1) is 0 Å². The van der Waals surface area contributed by atoms with E-state index in [1.54, 1.807) is 6.92 Å². The van der Waals surface area contributed by atoms with Gasteiger partial charge in [-0.05, 0) is 76.6 Å². The Balaban J connectivity index is 0.000000569. The quantitative estimate of drug-likeness (QED) is 0.0185. The lowest BCUT2D eigenvalue weighted by atomic mass is 9.12. The zero-order valence-electron chi connectivity index (χ0n) is 46.4. The van der Waals surface area contributed by atoms with Crippen LogP contribution in [0.25, 0.3) is 0 Å². The highest BCUT2D eigenvalue weighted by Gasteiger charge is 2.47. The van der Waals surface area contributed by atoms with Crippen molar-refractivity contribution in [3.05, 3.63) is 129 Å². The number of hydrogen-bond donors (Lipinski definition) is 0. The molecule has 0 saturated carbocycles. The molecule has 0 fully saturated rings. The van der Waals surface area contributed by atoms with Gasteiger partial charge in [-0.3, -0.25) is 0 Å². The highest BCUT2D eigenvalue weighted by molar-refractivity contribution is 7.20. The monoisotopic (exact) mass is 1260 g/mol. The highest BCUT2D eigenvalue weighted by atomic mass is 19.4. The third kappa shape index (κ3) is 20.8. The second-order valence-corrected chi connectivity index (χ2v) is 21.1. The maximum absolute atomic E-state index is 14.2. The Bertz CT molecular complexity index is 2370. The van der Waals surface area contributed by atoms with Crippen molar-refractivity contribution in [1.29, 1.82) is 0 Å². The Hall–Kier alpha value is -5.57. The summed E-state index contributed by atoms with van der Waals surface area (Å²) in [4.78, 5) is 12.0. The first kappa shape index (κ1) is 73.7. The summed E-state index contributed by atoms with van der Waals surface area (Å²) >= 11 is 0. The molecule has 0 aliphatic carbocycles. The number of halogens is 24. The maximum atomic E-state index is 14.2. The SMILES string of the molecule is C=C(C)C(=O)OC(C)C[N+](CCCCCC)(CCCCCC)CCCCCC.FC(F)(F)c1cc([B-](c2cc(C(F)(F)F)cc(C(F)(F)F)c2)(c2cc(C(F)(F)F)cc(C(F)(F)F)c2)c2cc(C(F)(F)F)cc(C(F)(F)F)c2)cc(C(F)(F)F)c1. The van der Waals surface area contributed by atoms with E-state index in [4.69, 9.17) is 4.74 Å². The molecule has 0 spiro atoms. The molecular formula is C57H62BF24NO2. The molecule has 85 heavy (non-hydrogen) atoms. The number of esters is 1. The molecule has 4 aromatic carbocycles. The highest BCUT2D eigenvalue weighted by Crippen LogP contribution is 2.42. The molecule has 4 aromatic rings. The van der Waals surface area contributed by atoms with E-state index in [1.807, 2.05) is 0 Å². The van der Waals surface area contributed by atoms with Crippen molar-refractivity contribution >= 4 is 34.0 Å². The number of carbonyl (C=O) groups is 1. The second kappa shape index (κ2) is 28.5. The lowest BCUT2D eigenvalue weighted by molar-refractivity contribution is -0.931. The molecule has 478 valence electrons. The summed E-state index contributed by atoms with van der Waals surface area (Å²) in [5.74, 6) is -0.242. The minimum atomic E-state index is -6.13. The Morgan fingerprint density at radius 1 is 0.388 bits per heavy atom. The molecule has 0 amide bonds. The van der Waals surface area contributed by atoms with Gasteiger partial charge in [0.15, 0.2) is 0 Å². The predicted octanol–water partition coefficient (Wildman–Crippen LogP) is 18.3. The zero-order valence-corrected chi connectivity index (χ0v) is 46.4. The van der Waals surface area contributed by atoms with E-state index in [9.17, 15) is 110 Å². The van der Waals surface area contributed by atoms with Gasteiger partial charge in [0.1, 0.15) is 18.8 Å². The molecule has 1 unspecified atom stereocenters. The van der Waals surface area contributed by atoms with Gasteiger partial charge in [-0.2, -0.15) is 127 Å². The van der Waals surface area contributed by atoms with E-state index in [0.29, 0.717) is 5.57 Å². The Kier molecular flexibility index (Phi) is 24.7. The largest absolute Gasteiger partial charge is 0.453 e. The summed E-state index contributed by atoms with van der Waals surface area (Å²) in [5, 5.41) is 0. The number of quaternary nitrogens is 1. The van der Waals surface area contributed by atoms with E-state index in [1.165, 1.54) is 96.7 Å². The number of alkyl halides is 24. The molecule has 0 bridgehead atoms. The first-order chi connectivity index (χ1) is 38.7. The lowest BCUT2D eigenvalue weighted by Gasteiger charge is -2.46. The van der Waals surface area contributed by atoms with Gasteiger partial charge in [-0.15, -0.1) is 0 Å². The van der Waals surface area contributed by atoms with Crippen LogP contribution in [0.2, 0.25) is 0 Å². The molecule has 0 aliphatic rings. The van der Waals surface area contributed by atoms with Crippen molar-refractivity contribution in [2.24, 2.45) is 0 Å². The molecule has 0 saturated heterocycles. The van der Waals surface area contributed by atoms with Crippen molar-refractivity contribution in [2.45, 2.75) is 167 Å². The number of ether oxygens (including phenoxy) is 1. The average Bonchev–Trinajstić information content (AvgIpc) is 0.806. The van der Waals surface area contributed by atoms with Gasteiger partial charge >= 0.3 is 55.4 Å². The van der Waals surface area contributed by atoms with Gasteiger partial charge in [-0.25, -0.2) is 4.79 Å². The standard InChI is InChI=1S/C32H12BF24.C25H50NO2/c34-25(35,36)13-1-14(26(37,38)39)6-21(5-13)33(22-7-15(27(40,41)42)2-16(8-22)28(43,44)45,23-9-17(29(46,47)48)3-18(10-23)30(49,50)51)24-11-19(31(52,53)54)4-20(12-24)32(55,56)57;1-7-10-13-16-19-26(20-17-14-11-8-2,21-18-15-12-9-3)22-24(6)28-25(27)23(4)5/h1-12H;24H,4,7-22H2,1-3,5-6H3/q-1;+1. The van der Waals surface area contributed by atoms with Crippen LogP contribution in [-0.2, 0) is 58.9 Å². The molecule has 3 nitrogen and oxygen atoms in total. The number of unbranched alkanes of at least 4 members (excludes halogenated alkanes) is 9. The van der Waals surface area contributed by atoms with Crippen LogP contribution < -0.4 is 21.9 Å². The van der Waals surface area contributed by atoms with E-state index in [-0.39, 0.29) is 12.1 Å². The fraction of sp³-hybridized carbons (Fsp3) is 0.526. The minimum Gasteiger partial charge on any atom is -0.453 e. The first-order valence-corrected chi connectivity index (χ1v) is 26.7. The molecule has 0 heterocycles. The third-order valence-electron chi connectivity index (χ3n) is 14.2. The summed E-state index contributed by atoms with van der Waals surface area (Å²) in [6, 6.07) is -8.81. The normalized spacial score (nSPS) is 13.8. The number of rotatable bonds is 23. The molecule has 28 heteroatoms. The summed E-state index contributed by atoms with van der Waals surface area (Å²) < 4.78 is 348. The fourth-order valence-corrected chi connectivity index (χ4v) is 10.2. The van der Waals surface area contributed by atoms with Gasteiger partial charge in [-0.1, -0.05) is 114 Å². The van der Waals surface area contributed by atoms with Gasteiger partial charge < -0.3 is 9.22 Å². The van der Waals surface area contributed by atoms with Crippen LogP contribution in [0.3, 0.4) is 0 Å². The Labute approximate surface area is 475 Å². The molecular weight excluding hydrogens is 1200 g/mol. The summed E-state index contributed by atoms with van der Waals surface area (Å²) in [5.41, 5.74) is -29.7. The smallest absolute Gasteiger partial charge is 0.416 e. The second-order valence-electron chi connectivity index (χ2n) is 21.1. The van der Waals surface area contributed by atoms with E-state index < -0.39 is 195 Å². The zero-order chi connectivity index (χ0) is 65.2. The van der Waals surface area contributed by atoms with Crippen molar-refractivity contribution in [3.63, 3.8) is 0 Å². The predicted molar refractivity (Wildman–Crippen MR) is 273 cm³/mol. The topological polar surface area (TPSA) is 26.3 Å². The van der Waals surface area contributed by atoms with E-state index >= 15 is 0 Å². The molecule has 1 atom stereocenters. The van der Waals surface area contributed by atoms with Gasteiger partial charge in [0.05, 0.1) is 64.1 Å². The number of carbonyl (C=O) groups excluding carboxylic acids is 1. The first-order valence-electron chi connectivity index (χ1n) is 26.7. The average molecular weight is 1260 g/mol. The van der Waals surface area contributed by atoms with Crippen LogP contribution in [0.5, 0.6) is 0 Å². The molecule has 0 aromatic heterocycles. The molecule has 0 N–H and O–H groups in total. The third-order valence-corrected chi connectivity index (χ3v) is 14.2. The minimum absolute atomic E-state index is 0.0484. The van der Waals surface area contributed by atoms with Crippen molar-refractivity contribution in [1.82, 2.24) is 0 Å². The van der Waals surface area contributed by atoms with Gasteiger partial charge in [0, 0.05) is 5.57 Å². The van der Waals surface area contributed by atoms with Crippen LogP contribution >= 0.6 is 0 Å². The van der Waals surface area contributed by atoms with E-state index in [2.05, 4.69) is 34.3 Å². The van der Waals surface area contributed by atoms with Crippen LogP contribution in [-0.4, -0.2) is 48.9 Å². The van der Waals surface area contributed by atoms with Crippen molar-refractivity contribution in [2.75, 3.05) is 26.2 Å². The fourth-order valence-electron chi connectivity index (χ4n) is 10.2. The number of nitrogens with zero attached hydrogens (tertiary/aromatic N) is 1. The molecule has 0 radical (unpaired) electrons. The van der Waals surface area contributed by atoms with Crippen LogP contribution in [0.4, 0.5) is 105 Å². The van der Waals surface area contributed by atoms with Crippen molar-refractivity contribution < 1.29 is 119 Å². The van der Waals surface area contributed by atoms with Gasteiger partial charge in [0.25, 0.3) is 0 Å². The maximum Gasteiger partial charge on any atom is 0.416 e. The van der Waals surface area contributed by atoms with Gasteiger partial charge in [0.2, 0.25) is 0 Å². The Morgan fingerprint density at radius 3 is 0.753 bits per heavy atom. The summed E-state index contributed by atoms with van der Waals surface area (Å²) in [6.45, 7) is 19.0. The molecule has 4 rings (SSSR count). The molecule has 0 aliphatic heterocycles. The van der Waals surface area contributed by atoms with E-state index in [0.717, 1.165) is 11.0 Å². The number of benzene rings is 4. The summed E-state index contributed by atoms with van der Waals surface area (Å²) in [6.07, 6.45) is -39.2.